The fourth-order valence-corrected chi connectivity index (χ4v) is 2.95. The summed E-state index contributed by atoms with van der Waals surface area (Å²) >= 11 is 0. The molecule has 0 fully saturated rings. The van der Waals surface area contributed by atoms with Crippen LogP contribution >= 0.6 is 0 Å². The number of carbonyl (C=O) groups excluding carboxylic acids is 1. The van der Waals surface area contributed by atoms with Crippen molar-refractivity contribution in [1.29, 1.82) is 0 Å². The second kappa shape index (κ2) is 9.20. The third kappa shape index (κ3) is 4.87. The smallest absolute Gasteiger partial charge is 0.230 e. The summed E-state index contributed by atoms with van der Waals surface area (Å²) in [7, 11) is 0. The average molecular weight is 435 g/mol. The first-order chi connectivity index (χ1) is 14.7. The highest BCUT2D eigenvalue weighted by Crippen LogP contribution is 2.25. The molecule has 3 aromatic rings. The Hall–Kier alpha value is -3.36. The van der Waals surface area contributed by atoms with Gasteiger partial charge in [0.15, 0.2) is 29.1 Å². The van der Waals surface area contributed by atoms with Crippen LogP contribution in [0.5, 0.6) is 0 Å². The summed E-state index contributed by atoms with van der Waals surface area (Å²) in [5, 5.41) is 2.37. The van der Waals surface area contributed by atoms with E-state index in [1.807, 2.05) is 44.2 Å². The Kier molecular flexibility index (Phi) is 6.62. The molecule has 0 aliphatic carbocycles. The van der Waals surface area contributed by atoms with E-state index in [1.165, 1.54) is 6.20 Å². The lowest BCUT2D eigenvalue weighted by Gasteiger charge is -2.13. The first kappa shape index (κ1) is 22.3. The second-order valence-corrected chi connectivity index (χ2v) is 7.29. The van der Waals surface area contributed by atoms with Crippen LogP contribution in [0.25, 0.3) is 11.3 Å². The van der Waals surface area contributed by atoms with Gasteiger partial charge < -0.3 is 5.32 Å². The fraction of sp³-hybridized carbons (Fsp3) is 0.227. The zero-order chi connectivity index (χ0) is 22.7. The number of aromatic nitrogens is 2. The van der Waals surface area contributed by atoms with E-state index in [9.17, 15) is 26.7 Å². The third-order valence-corrected chi connectivity index (χ3v) is 4.41. The van der Waals surface area contributed by atoms with Gasteiger partial charge in [-0.2, -0.15) is 0 Å². The highest BCUT2D eigenvalue weighted by molar-refractivity contribution is 5.92. The van der Waals surface area contributed by atoms with Crippen molar-refractivity contribution < 1.29 is 26.7 Å². The molecule has 0 saturated heterocycles. The molecule has 1 aromatic heterocycles. The van der Waals surface area contributed by atoms with Crippen LogP contribution < -0.4 is 5.32 Å². The molecule has 1 amide bonds. The lowest BCUT2D eigenvalue weighted by Crippen LogP contribution is -2.20. The zero-order valence-corrected chi connectivity index (χ0v) is 16.6. The van der Waals surface area contributed by atoms with Crippen LogP contribution in [-0.4, -0.2) is 15.9 Å². The largest absolute Gasteiger partial charge is 0.309 e. The standard InChI is InChI=1S/C22H18F5N3O/c1-11(2)8-14-22(28-10-15(29-14)12-6-4-3-5-7-12)30-16(31)9-13-17(23)19(25)21(27)20(26)18(13)24/h3-7,10-11H,8-9H2,1-2H3,(H,28,30,31). The molecule has 2 aromatic carbocycles. The minimum atomic E-state index is -2.28. The quantitative estimate of drug-likeness (QED) is 0.328. The van der Waals surface area contributed by atoms with E-state index >= 15 is 0 Å². The highest BCUT2D eigenvalue weighted by atomic mass is 19.2. The fourth-order valence-electron chi connectivity index (χ4n) is 2.95. The van der Waals surface area contributed by atoms with Gasteiger partial charge in [0.05, 0.1) is 24.0 Å². The maximum Gasteiger partial charge on any atom is 0.230 e. The number of halogens is 5. The molecule has 0 spiro atoms. The van der Waals surface area contributed by atoms with Crippen molar-refractivity contribution in [2.45, 2.75) is 26.7 Å². The lowest BCUT2D eigenvalue weighted by molar-refractivity contribution is -0.115. The second-order valence-electron chi connectivity index (χ2n) is 7.29. The van der Waals surface area contributed by atoms with Gasteiger partial charge in [-0.25, -0.2) is 31.9 Å². The predicted octanol–water partition coefficient (Wildman–Crippen LogP) is 5.22. The first-order valence-electron chi connectivity index (χ1n) is 9.40. The van der Waals surface area contributed by atoms with E-state index in [1.54, 1.807) is 0 Å². The van der Waals surface area contributed by atoms with Crippen LogP contribution in [0.15, 0.2) is 36.5 Å². The molecule has 0 atom stereocenters. The van der Waals surface area contributed by atoms with E-state index in [2.05, 4.69) is 15.3 Å². The van der Waals surface area contributed by atoms with Crippen molar-refractivity contribution in [1.82, 2.24) is 9.97 Å². The van der Waals surface area contributed by atoms with Crippen molar-refractivity contribution in [3.8, 4) is 11.3 Å². The maximum atomic E-state index is 13.9. The summed E-state index contributed by atoms with van der Waals surface area (Å²) < 4.78 is 67.7. The van der Waals surface area contributed by atoms with Crippen molar-refractivity contribution in [2.75, 3.05) is 5.32 Å². The number of nitrogens with one attached hydrogen (secondary N) is 1. The first-order valence-corrected chi connectivity index (χ1v) is 9.40. The van der Waals surface area contributed by atoms with Gasteiger partial charge in [0.25, 0.3) is 0 Å². The predicted molar refractivity (Wildman–Crippen MR) is 105 cm³/mol. The molecule has 31 heavy (non-hydrogen) atoms. The number of hydrogen-bond acceptors (Lipinski definition) is 3. The van der Waals surface area contributed by atoms with Crippen molar-refractivity contribution in [3.63, 3.8) is 0 Å². The molecule has 3 rings (SSSR count). The van der Waals surface area contributed by atoms with Gasteiger partial charge in [-0.3, -0.25) is 4.79 Å². The monoisotopic (exact) mass is 435 g/mol. The van der Waals surface area contributed by atoms with Gasteiger partial charge in [0, 0.05) is 11.1 Å². The van der Waals surface area contributed by atoms with Crippen LogP contribution in [0.2, 0.25) is 0 Å². The molecule has 0 aliphatic heterocycles. The number of benzene rings is 2. The van der Waals surface area contributed by atoms with E-state index in [0.29, 0.717) is 17.8 Å². The summed E-state index contributed by atoms with van der Waals surface area (Å²) in [4.78, 5) is 21.1. The van der Waals surface area contributed by atoms with Crippen molar-refractivity contribution >= 4 is 11.7 Å². The Morgan fingerprint density at radius 3 is 2.10 bits per heavy atom. The van der Waals surface area contributed by atoms with Crippen LogP contribution in [0.3, 0.4) is 0 Å². The summed E-state index contributed by atoms with van der Waals surface area (Å²) in [6.07, 6.45) is 0.800. The van der Waals surface area contributed by atoms with Gasteiger partial charge in [-0.1, -0.05) is 44.2 Å². The van der Waals surface area contributed by atoms with Gasteiger partial charge in [0.1, 0.15) is 0 Å². The summed E-state index contributed by atoms with van der Waals surface area (Å²) in [5.74, 6) is -11.4. The number of nitrogens with zero attached hydrogens (tertiary/aromatic N) is 2. The molecule has 4 nitrogen and oxygen atoms in total. The Morgan fingerprint density at radius 2 is 1.52 bits per heavy atom. The minimum absolute atomic E-state index is 0.0576. The van der Waals surface area contributed by atoms with Crippen LogP contribution in [-0.2, 0) is 17.6 Å². The summed E-state index contributed by atoms with van der Waals surface area (Å²) in [6.45, 7) is 3.86. The molecule has 0 aliphatic rings. The zero-order valence-electron chi connectivity index (χ0n) is 16.6. The molecular formula is C22H18F5N3O. The van der Waals surface area contributed by atoms with E-state index in [4.69, 9.17) is 0 Å². The lowest BCUT2D eigenvalue weighted by atomic mass is 10.1. The Balaban J connectivity index is 1.89. The SMILES string of the molecule is CC(C)Cc1nc(-c2ccccc2)cnc1NC(=O)Cc1c(F)c(F)c(F)c(F)c1F. The molecule has 0 bridgehead atoms. The van der Waals surface area contributed by atoms with Gasteiger partial charge in [0.2, 0.25) is 11.7 Å². The molecule has 162 valence electrons. The Bertz CT molecular complexity index is 1090. The molecule has 9 heteroatoms. The van der Waals surface area contributed by atoms with Gasteiger partial charge in [-0.05, 0) is 12.3 Å². The average Bonchev–Trinajstić information content (AvgIpc) is 2.75. The Labute approximate surface area is 175 Å². The highest BCUT2D eigenvalue weighted by Gasteiger charge is 2.27. The van der Waals surface area contributed by atoms with Crippen LogP contribution in [0.1, 0.15) is 25.1 Å². The topological polar surface area (TPSA) is 54.9 Å². The number of hydrogen-bond donors (Lipinski definition) is 1. The van der Waals surface area contributed by atoms with Crippen LogP contribution in [0.4, 0.5) is 27.8 Å². The van der Waals surface area contributed by atoms with Gasteiger partial charge in [-0.15, -0.1) is 0 Å². The Morgan fingerprint density at radius 1 is 0.935 bits per heavy atom. The molecule has 1 N–H and O–H groups in total. The number of rotatable bonds is 6. The van der Waals surface area contributed by atoms with Gasteiger partial charge >= 0.3 is 0 Å². The molecule has 0 radical (unpaired) electrons. The number of carbonyl (C=O) groups is 1. The normalized spacial score (nSPS) is 11.1. The number of anilines is 1. The van der Waals surface area contributed by atoms with Crippen molar-refractivity contribution in [2.24, 2.45) is 5.92 Å². The number of amides is 1. The third-order valence-electron chi connectivity index (χ3n) is 4.41. The van der Waals surface area contributed by atoms with Crippen molar-refractivity contribution in [3.05, 3.63) is 76.9 Å². The summed E-state index contributed by atoms with van der Waals surface area (Å²) in [6, 6.07) is 9.19. The molecular weight excluding hydrogens is 417 g/mol. The minimum Gasteiger partial charge on any atom is -0.309 e. The molecule has 0 unspecified atom stereocenters. The van der Waals surface area contributed by atoms with E-state index in [0.717, 1.165) is 5.56 Å². The molecule has 1 heterocycles. The maximum absolute atomic E-state index is 13.9. The molecule has 0 saturated carbocycles. The summed E-state index contributed by atoms with van der Waals surface area (Å²) in [5.41, 5.74) is 0.587. The van der Waals surface area contributed by atoms with Crippen LogP contribution in [0, 0.1) is 35.0 Å². The van der Waals surface area contributed by atoms with E-state index in [-0.39, 0.29) is 11.7 Å². The van der Waals surface area contributed by atoms with E-state index < -0.39 is 47.0 Å².